The smallest absolute Gasteiger partial charge is 0.00953 e. The van der Waals surface area contributed by atoms with Gasteiger partial charge in [-0.1, -0.05) is 211 Å². The molecule has 2 aliphatic carbocycles. The van der Waals surface area contributed by atoms with Gasteiger partial charge in [0.1, 0.15) is 0 Å². The van der Waals surface area contributed by atoms with Crippen molar-refractivity contribution >= 4 is 0 Å². The first-order valence-electron chi connectivity index (χ1n) is 27.7. The average molecular weight is 894 g/mol. The zero-order valence-electron chi connectivity index (χ0n) is 49.0. The first-order chi connectivity index (χ1) is 28.8. The first kappa shape index (κ1) is 67.1. The molecular weight excluding hydrogens is 765 g/mol. The third kappa shape index (κ3) is 49.6. The summed E-state index contributed by atoms with van der Waals surface area (Å²) in [5.74, 6) is 2.76. The van der Waals surface area contributed by atoms with Gasteiger partial charge in [0.15, 0.2) is 0 Å². The minimum absolute atomic E-state index is 0.450. The number of nitrogens with zero attached hydrogens (tertiary/aromatic N) is 4. The van der Waals surface area contributed by atoms with E-state index < -0.39 is 0 Å². The van der Waals surface area contributed by atoms with E-state index in [0.717, 1.165) is 23.8 Å². The summed E-state index contributed by atoms with van der Waals surface area (Å²) in [5.41, 5.74) is 2.37. The van der Waals surface area contributed by atoms with Crippen LogP contribution < -0.4 is 0 Å². The van der Waals surface area contributed by atoms with Crippen LogP contribution in [-0.2, 0) is 0 Å². The van der Waals surface area contributed by atoms with Crippen LogP contribution in [0.3, 0.4) is 0 Å². The SMILES string of the molecule is CC(C)CCC(C)CC(C)(C)C.CCCCN(C)CCCC(C)(C)C.CCN(CC(C)(C)C)C1CCCCC1.CCN(CC)CC(C)(C)C.CCN(CC1CCCC1)CC(C)(C)C. The fourth-order valence-corrected chi connectivity index (χ4v) is 9.39. The van der Waals surface area contributed by atoms with Crippen LogP contribution >= 0.6 is 0 Å². The molecule has 0 aromatic heterocycles. The van der Waals surface area contributed by atoms with Gasteiger partial charge in [-0.05, 0) is 143 Å². The van der Waals surface area contributed by atoms with E-state index in [1.807, 2.05) is 0 Å². The van der Waals surface area contributed by atoms with Crippen LogP contribution in [0.25, 0.3) is 0 Å². The molecule has 0 spiro atoms. The monoisotopic (exact) mass is 893 g/mol. The van der Waals surface area contributed by atoms with Crippen molar-refractivity contribution in [3.8, 4) is 0 Å². The Balaban J connectivity index is -0.000000718. The molecular formula is C59H128N4. The van der Waals surface area contributed by atoms with Crippen LogP contribution in [0.5, 0.6) is 0 Å². The van der Waals surface area contributed by atoms with Gasteiger partial charge < -0.3 is 19.6 Å². The molecule has 0 N–H and O–H groups in total. The lowest BCUT2D eigenvalue weighted by Gasteiger charge is -2.37. The Hall–Kier alpha value is -0.160. The highest BCUT2D eigenvalue weighted by Crippen LogP contribution is 2.29. The largest absolute Gasteiger partial charge is 0.306 e. The van der Waals surface area contributed by atoms with Crippen molar-refractivity contribution in [2.45, 2.75) is 268 Å². The fourth-order valence-electron chi connectivity index (χ4n) is 9.39. The van der Waals surface area contributed by atoms with E-state index in [0.29, 0.717) is 27.1 Å². The van der Waals surface area contributed by atoms with Crippen molar-refractivity contribution in [1.82, 2.24) is 19.6 Å². The summed E-state index contributed by atoms with van der Waals surface area (Å²) in [6, 6.07) is 0.882. The van der Waals surface area contributed by atoms with Gasteiger partial charge in [-0.3, -0.25) is 0 Å². The molecule has 1 unspecified atom stereocenters. The Morgan fingerprint density at radius 2 is 0.921 bits per heavy atom. The van der Waals surface area contributed by atoms with Crippen molar-refractivity contribution in [2.75, 3.05) is 72.5 Å². The molecule has 2 saturated carbocycles. The van der Waals surface area contributed by atoms with Crippen LogP contribution in [0.1, 0.15) is 262 Å². The molecule has 1 atom stereocenters. The molecule has 63 heavy (non-hydrogen) atoms. The van der Waals surface area contributed by atoms with Crippen molar-refractivity contribution < 1.29 is 0 Å². The molecule has 0 heterocycles. The van der Waals surface area contributed by atoms with E-state index >= 15 is 0 Å². The van der Waals surface area contributed by atoms with Gasteiger partial charge in [-0.2, -0.15) is 0 Å². The summed E-state index contributed by atoms with van der Waals surface area (Å²) in [6.07, 6.45) is 22.6. The third-order valence-electron chi connectivity index (χ3n) is 12.5. The van der Waals surface area contributed by atoms with Gasteiger partial charge in [0.2, 0.25) is 0 Å². The normalized spacial score (nSPS) is 16.3. The molecule has 0 bridgehead atoms. The lowest BCUT2D eigenvalue weighted by atomic mass is 9.83. The van der Waals surface area contributed by atoms with Gasteiger partial charge in [-0.25, -0.2) is 0 Å². The molecule has 0 aliphatic heterocycles. The third-order valence-corrected chi connectivity index (χ3v) is 12.5. The number of unbranched alkanes of at least 4 members (excludes halogenated alkanes) is 1. The molecule has 2 rings (SSSR count). The summed E-state index contributed by atoms with van der Waals surface area (Å²) in [4.78, 5) is 10.2. The van der Waals surface area contributed by atoms with Gasteiger partial charge in [0.05, 0.1) is 0 Å². The lowest BCUT2D eigenvalue weighted by molar-refractivity contribution is 0.117. The Bertz CT molecular complexity index is 967. The van der Waals surface area contributed by atoms with Crippen LogP contribution in [0, 0.1) is 44.8 Å². The lowest BCUT2D eigenvalue weighted by Crippen LogP contribution is -2.41. The van der Waals surface area contributed by atoms with Crippen LogP contribution in [0.4, 0.5) is 0 Å². The molecule has 0 saturated heterocycles. The summed E-state index contributed by atoms with van der Waals surface area (Å²) < 4.78 is 0. The molecule has 4 heteroatoms. The molecule has 0 aromatic carbocycles. The summed E-state index contributed by atoms with van der Waals surface area (Å²) in [5, 5.41) is 0. The zero-order valence-corrected chi connectivity index (χ0v) is 49.0. The Labute approximate surface area is 403 Å². The predicted molar refractivity (Wildman–Crippen MR) is 293 cm³/mol. The molecule has 0 radical (unpaired) electrons. The number of rotatable bonds is 20. The molecule has 2 aliphatic rings. The van der Waals surface area contributed by atoms with E-state index in [-0.39, 0.29) is 0 Å². The minimum Gasteiger partial charge on any atom is -0.306 e. The predicted octanol–water partition coefficient (Wildman–Crippen LogP) is 17.6. The van der Waals surface area contributed by atoms with Crippen LogP contribution in [0.2, 0.25) is 0 Å². The standard InChI is InChI=1S/2C13H27N.C12H27N.C12H26.C9H21N/c1-5-14(11-13(2,3)4)10-12-8-6-7-9-12;1-5-14(11-13(2,3)4)12-9-7-6-8-10-12;1-6-7-10-13(5)11-8-9-12(2,3)4;1-10(2)7-8-11(3)9-12(4,5)6;1-6-10(7-2)8-9(3,4)5/h2*12H,5-11H2,1-4H3;6-11H2,1-5H3;10-11H,7-9H2,1-6H3;6-8H2,1-5H3. The van der Waals surface area contributed by atoms with Gasteiger partial charge in [-0.15, -0.1) is 0 Å². The minimum atomic E-state index is 0.450. The number of hydrogen-bond acceptors (Lipinski definition) is 4. The van der Waals surface area contributed by atoms with E-state index in [4.69, 9.17) is 0 Å². The number of hydrogen-bond donors (Lipinski definition) is 0. The van der Waals surface area contributed by atoms with Crippen molar-refractivity contribution in [1.29, 1.82) is 0 Å². The highest BCUT2D eigenvalue weighted by molar-refractivity contribution is 4.79. The molecule has 0 aromatic rings. The summed E-state index contributed by atoms with van der Waals surface area (Å²) in [6.45, 7) is 65.5. The Morgan fingerprint density at radius 3 is 1.29 bits per heavy atom. The maximum Gasteiger partial charge on any atom is 0.00953 e. The zero-order chi connectivity index (χ0) is 49.5. The molecule has 0 amide bonds. The van der Waals surface area contributed by atoms with E-state index in [9.17, 15) is 0 Å². The Kier molecular flexibility index (Phi) is 38.3. The topological polar surface area (TPSA) is 13.0 Å². The van der Waals surface area contributed by atoms with Crippen LogP contribution in [0.15, 0.2) is 0 Å². The summed E-state index contributed by atoms with van der Waals surface area (Å²) >= 11 is 0. The summed E-state index contributed by atoms with van der Waals surface area (Å²) in [7, 11) is 2.23. The molecule has 384 valence electrons. The van der Waals surface area contributed by atoms with Gasteiger partial charge in [0.25, 0.3) is 0 Å². The average Bonchev–Trinajstić information content (AvgIpc) is 3.66. The van der Waals surface area contributed by atoms with E-state index in [1.54, 1.807) is 0 Å². The second-order valence-corrected chi connectivity index (χ2v) is 27.1. The van der Waals surface area contributed by atoms with Gasteiger partial charge >= 0.3 is 0 Å². The maximum absolute atomic E-state index is 2.69. The second kappa shape index (κ2) is 35.9. The first-order valence-corrected chi connectivity index (χ1v) is 27.7. The maximum atomic E-state index is 2.69. The van der Waals surface area contributed by atoms with E-state index in [1.165, 1.54) is 168 Å². The fraction of sp³-hybridized carbons (Fsp3) is 1.00. The highest BCUT2D eigenvalue weighted by Gasteiger charge is 2.24. The molecule has 2 fully saturated rings. The quantitative estimate of drug-likeness (QED) is 0.121. The van der Waals surface area contributed by atoms with Gasteiger partial charge in [0, 0.05) is 32.2 Å². The molecule has 4 nitrogen and oxygen atoms in total. The Morgan fingerprint density at radius 1 is 0.476 bits per heavy atom. The van der Waals surface area contributed by atoms with Crippen molar-refractivity contribution in [2.24, 2.45) is 44.8 Å². The van der Waals surface area contributed by atoms with E-state index in [2.05, 4.69) is 186 Å². The van der Waals surface area contributed by atoms with Crippen LogP contribution in [-0.4, -0.2) is 98.1 Å². The van der Waals surface area contributed by atoms with Crippen molar-refractivity contribution in [3.63, 3.8) is 0 Å². The second-order valence-electron chi connectivity index (χ2n) is 27.1. The highest BCUT2D eigenvalue weighted by atomic mass is 15.2. The van der Waals surface area contributed by atoms with Crippen molar-refractivity contribution in [3.05, 3.63) is 0 Å².